The normalized spacial score (nSPS) is 29.4. The summed E-state index contributed by atoms with van der Waals surface area (Å²) in [6.45, 7) is 2.11. The largest absolute Gasteiger partial charge is 0.496 e. The van der Waals surface area contributed by atoms with Gasteiger partial charge in [0.05, 0.1) is 18.7 Å². The van der Waals surface area contributed by atoms with Gasteiger partial charge in [0, 0.05) is 21.6 Å². The van der Waals surface area contributed by atoms with Gasteiger partial charge in [0.25, 0.3) is 0 Å². The summed E-state index contributed by atoms with van der Waals surface area (Å²) in [5.74, 6) is 2.62. The highest BCUT2D eigenvalue weighted by atomic mass is 32.2. The Morgan fingerprint density at radius 3 is 2.83 bits per heavy atom. The minimum absolute atomic E-state index is 0.00433. The lowest BCUT2D eigenvalue weighted by Crippen LogP contribution is -2.34. The van der Waals surface area contributed by atoms with Gasteiger partial charge in [-0.3, -0.25) is 14.2 Å². The number of thiazole rings is 1. The zero-order valence-electron chi connectivity index (χ0n) is 16.6. The number of nitrogens with zero attached hydrogens (tertiary/aromatic N) is 1. The highest BCUT2D eigenvalue weighted by Crippen LogP contribution is 2.64. The fraction of sp³-hybridized carbons (Fsp3) is 0.545. The number of carbonyl (C=O) groups is 1. The van der Waals surface area contributed by atoms with E-state index in [0.717, 1.165) is 15.7 Å². The third-order valence-electron chi connectivity index (χ3n) is 6.76. The highest BCUT2D eigenvalue weighted by Gasteiger charge is 2.55. The molecule has 2 heterocycles. The smallest absolute Gasteiger partial charge is 0.326 e. The van der Waals surface area contributed by atoms with Crippen molar-refractivity contribution in [3.05, 3.63) is 44.4 Å². The van der Waals surface area contributed by atoms with E-state index >= 15 is 0 Å². The maximum Gasteiger partial charge on any atom is 0.326 e. The minimum Gasteiger partial charge on any atom is -0.496 e. The molecule has 0 radical (unpaired) electrons. The molecule has 2 aromatic rings. The van der Waals surface area contributed by atoms with Crippen LogP contribution in [0.15, 0.2) is 34.1 Å². The second-order valence-corrected chi connectivity index (χ2v) is 10.3. The van der Waals surface area contributed by atoms with Crippen LogP contribution in [0.3, 0.4) is 0 Å². The van der Waals surface area contributed by atoms with Crippen LogP contribution < -0.4 is 9.61 Å². The lowest BCUT2D eigenvalue weighted by molar-refractivity contribution is -0.144. The molecule has 5 atom stereocenters. The molecule has 7 heteroatoms. The van der Waals surface area contributed by atoms with Crippen LogP contribution in [0.25, 0.3) is 0 Å². The van der Waals surface area contributed by atoms with Gasteiger partial charge >= 0.3 is 10.8 Å². The summed E-state index contributed by atoms with van der Waals surface area (Å²) in [7, 11) is 1.71. The molecular formula is C22H25NO4S2. The number of aromatic nitrogens is 1. The summed E-state index contributed by atoms with van der Waals surface area (Å²) >= 11 is 3.13. The van der Waals surface area contributed by atoms with Crippen molar-refractivity contribution in [3.8, 4) is 5.75 Å². The predicted octanol–water partition coefficient (Wildman–Crippen LogP) is 4.13. The number of para-hydroxylation sites is 1. The van der Waals surface area contributed by atoms with E-state index in [1.165, 1.54) is 36.2 Å². The predicted molar refractivity (Wildman–Crippen MR) is 114 cm³/mol. The summed E-state index contributed by atoms with van der Waals surface area (Å²) in [4.78, 5) is 26.1. The van der Waals surface area contributed by atoms with Gasteiger partial charge < -0.3 is 9.47 Å². The van der Waals surface area contributed by atoms with Crippen molar-refractivity contribution in [2.75, 3.05) is 13.7 Å². The number of hydrogen-bond acceptors (Lipinski definition) is 6. The van der Waals surface area contributed by atoms with Gasteiger partial charge in [-0.25, -0.2) is 0 Å². The minimum atomic E-state index is -0.347. The molecule has 1 aromatic heterocycles. The van der Waals surface area contributed by atoms with E-state index in [2.05, 4.69) is 12.1 Å². The van der Waals surface area contributed by atoms with Crippen LogP contribution in [-0.2, 0) is 16.1 Å². The fourth-order valence-corrected chi connectivity index (χ4v) is 8.84. The van der Waals surface area contributed by atoms with Crippen molar-refractivity contribution in [1.29, 1.82) is 0 Å². The Labute approximate surface area is 178 Å². The van der Waals surface area contributed by atoms with E-state index in [-0.39, 0.29) is 23.3 Å². The summed E-state index contributed by atoms with van der Waals surface area (Å²) in [5, 5.41) is 1.47. The molecule has 1 aromatic carbocycles. The van der Waals surface area contributed by atoms with Crippen LogP contribution in [0, 0.1) is 17.8 Å². The van der Waals surface area contributed by atoms with E-state index in [1.807, 2.05) is 23.9 Å². The molecule has 2 saturated carbocycles. The molecular weight excluding hydrogens is 406 g/mol. The first-order valence-corrected chi connectivity index (χ1v) is 12.0. The van der Waals surface area contributed by atoms with Crippen LogP contribution in [0.4, 0.5) is 0 Å². The summed E-state index contributed by atoms with van der Waals surface area (Å²) in [6, 6.07) is 8.21. The molecule has 2 aliphatic carbocycles. The van der Waals surface area contributed by atoms with Crippen molar-refractivity contribution in [2.24, 2.45) is 17.8 Å². The van der Waals surface area contributed by atoms with Crippen LogP contribution >= 0.6 is 23.1 Å². The van der Waals surface area contributed by atoms with Gasteiger partial charge in [-0.1, -0.05) is 29.5 Å². The number of rotatable bonds is 5. The first-order valence-electron chi connectivity index (χ1n) is 10.3. The van der Waals surface area contributed by atoms with E-state index < -0.39 is 0 Å². The van der Waals surface area contributed by atoms with E-state index in [1.54, 1.807) is 18.6 Å². The molecule has 0 N–H and O–H groups in total. The van der Waals surface area contributed by atoms with E-state index in [0.29, 0.717) is 29.6 Å². The first kappa shape index (κ1) is 19.2. The number of fused-ring (bicyclic) bond motifs is 6. The maximum absolute atomic E-state index is 12.9. The highest BCUT2D eigenvalue weighted by molar-refractivity contribution is 8.00. The average molecular weight is 432 g/mol. The molecule has 3 aliphatic rings. The van der Waals surface area contributed by atoms with Crippen molar-refractivity contribution in [1.82, 2.24) is 4.57 Å². The Bertz CT molecular complexity index is 997. The molecule has 5 rings (SSSR count). The number of ether oxygens (including phenoxy) is 2. The van der Waals surface area contributed by atoms with Crippen LogP contribution in [-0.4, -0.2) is 29.5 Å². The second kappa shape index (κ2) is 7.51. The quantitative estimate of drug-likeness (QED) is 0.666. The van der Waals surface area contributed by atoms with Gasteiger partial charge in [-0.15, -0.1) is 11.8 Å². The maximum atomic E-state index is 12.9. The molecule has 2 fully saturated rings. The molecule has 0 saturated heterocycles. The monoisotopic (exact) mass is 431 g/mol. The van der Waals surface area contributed by atoms with Gasteiger partial charge in [0.1, 0.15) is 12.3 Å². The summed E-state index contributed by atoms with van der Waals surface area (Å²) < 4.78 is 12.5. The topological polar surface area (TPSA) is 57.5 Å². The number of esters is 1. The lowest BCUT2D eigenvalue weighted by Gasteiger charge is -2.40. The molecule has 2 bridgehead atoms. The lowest BCUT2D eigenvalue weighted by atomic mass is 9.74. The molecule has 29 heavy (non-hydrogen) atoms. The number of benzene rings is 1. The first-order chi connectivity index (χ1) is 14.1. The van der Waals surface area contributed by atoms with Crippen molar-refractivity contribution < 1.29 is 14.3 Å². The Kier molecular flexibility index (Phi) is 4.98. The molecule has 1 aliphatic heterocycles. The summed E-state index contributed by atoms with van der Waals surface area (Å²) in [5.41, 5.74) is 1.17. The van der Waals surface area contributed by atoms with E-state index in [9.17, 15) is 9.59 Å². The number of thioether (sulfide) groups is 1. The van der Waals surface area contributed by atoms with Gasteiger partial charge in [-0.2, -0.15) is 0 Å². The van der Waals surface area contributed by atoms with Crippen LogP contribution in [0.2, 0.25) is 0 Å². The standard InChI is InChI=1S/C22H25NO4S2/c1-3-27-16(24)11-23-21-20(29-22(23)25)18(14-6-4-5-7-15(14)26-2)17-12-8-9-13(10-12)19(17)28-21/h4-7,12-13,17-19H,3,8-11H2,1-2H3/t12-,13-,17-,18-,19+/m0/s1. The molecule has 154 valence electrons. The van der Waals surface area contributed by atoms with Gasteiger partial charge in [-0.05, 0) is 50.0 Å². The molecule has 0 unspecified atom stereocenters. The van der Waals surface area contributed by atoms with Gasteiger partial charge in [0.15, 0.2) is 0 Å². The third-order valence-corrected chi connectivity index (χ3v) is 9.58. The van der Waals surface area contributed by atoms with Gasteiger partial charge in [0.2, 0.25) is 0 Å². The van der Waals surface area contributed by atoms with Crippen molar-refractivity contribution in [2.45, 2.75) is 48.9 Å². The Hall–Kier alpha value is -1.73. The fourth-order valence-electron chi connectivity index (χ4n) is 5.69. The van der Waals surface area contributed by atoms with E-state index in [4.69, 9.17) is 9.47 Å². The third kappa shape index (κ3) is 3.05. The Morgan fingerprint density at radius 2 is 2.03 bits per heavy atom. The Balaban J connectivity index is 1.64. The molecule has 0 spiro atoms. The van der Waals surface area contributed by atoms with Crippen LogP contribution in [0.1, 0.15) is 42.5 Å². The number of hydrogen-bond donors (Lipinski definition) is 0. The number of carbonyl (C=O) groups excluding carboxylic acids is 1. The second-order valence-electron chi connectivity index (χ2n) is 8.14. The van der Waals surface area contributed by atoms with Crippen molar-refractivity contribution in [3.63, 3.8) is 0 Å². The molecule has 5 nitrogen and oxygen atoms in total. The van der Waals surface area contributed by atoms with Crippen molar-refractivity contribution >= 4 is 29.1 Å². The SMILES string of the molecule is CCOC(=O)Cn1c2c(sc1=O)[C@@H](c1ccccc1OC)[C@@H]1[C@H]3CC[C@@H](C3)[C@H]1S2. The zero-order chi connectivity index (χ0) is 20.1. The van der Waals surface area contributed by atoms with Crippen LogP contribution in [0.5, 0.6) is 5.75 Å². The number of methoxy groups -OCH3 is 1. The molecule has 0 amide bonds. The Morgan fingerprint density at radius 1 is 1.24 bits per heavy atom. The summed E-state index contributed by atoms with van der Waals surface area (Å²) in [6.07, 6.45) is 3.84. The zero-order valence-corrected chi connectivity index (χ0v) is 18.3. The average Bonchev–Trinajstić information content (AvgIpc) is 3.41.